The van der Waals surface area contributed by atoms with E-state index in [0.717, 1.165) is 16.2 Å². The van der Waals surface area contributed by atoms with Gasteiger partial charge >= 0.3 is 11.9 Å². The molecule has 40 heavy (non-hydrogen) atoms. The fourth-order valence-electron chi connectivity index (χ4n) is 3.71. The molecule has 2 atom stereocenters. The molecule has 0 bridgehead atoms. The minimum atomic E-state index is -1.28. The molecule has 5 N–H and O–H groups in total. The number of amides is 2. The fourth-order valence-corrected chi connectivity index (χ4v) is 8.34. The van der Waals surface area contributed by atoms with Gasteiger partial charge in [0, 0.05) is 16.4 Å². The molecule has 2 aromatic rings. The van der Waals surface area contributed by atoms with Crippen molar-refractivity contribution in [2.75, 3.05) is 23.8 Å². The highest BCUT2D eigenvalue weighted by Gasteiger charge is 2.54. The smallest absolute Gasteiger partial charge is 0.352 e. The van der Waals surface area contributed by atoms with E-state index >= 15 is 0 Å². The maximum absolute atomic E-state index is 13.1. The number of hydrogen-bond acceptors (Lipinski definition) is 13. The lowest BCUT2D eigenvalue weighted by atomic mass is 10.0. The van der Waals surface area contributed by atoms with Crippen LogP contribution in [0, 0.1) is 19.3 Å². The van der Waals surface area contributed by atoms with Crippen LogP contribution in [0.3, 0.4) is 0 Å². The van der Waals surface area contributed by atoms with Crippen LogP contribution < -0.4 is 11.1 Å². The second-order valence-corrected chi connectivity index (χ2v) is 13.1. The molecule has 1 saturated heterocycles. The maximum atomic E-state index is 13.1. The molecule has 2 aliphatic heterocycles. The second-order valence-electron chi connectivity index (χ2n) is 8.06. The van der Waals surface area contributed by atoms with E-state index in [1.54, 1.807) is 6.92 Å². The highest BCUT2D eigenvalue weighted by molar-refractivity contribution is 8.01. The number of halogens is 1. The number of rotatable bonds is 11. The molecule has 0 saturated carbocycles. The number of terminal acetylenes is 1. The zero-order chi connectivity index (χ0) is 29.1. The number of nitrogen functional groups attached to an aromatic ring is 1. The van der Waals surface area contributed by atoms with Gasteiger partial charge in [-0.2, -0.15) is 0 Å². The lowest BCUT2D eigenvalue weighted by Gasteiger charge is -2.49. The molecule has 0 spiro atoms. The van der Waals surface area contributed by atoms with Gasteiger partial charge in [-0.3, -0.25) is 19.3 Å². The molecule has 1 unspecified atom stereocenters. The molecule has 4 heterocycles. The molecule has 2 aromatic heterocycles. The highest BCUT2D eigenvalue weighted by atomic mass is 35.5. The minimum absolute atomic E-state index is 0.0482. The SMILES string of the molecule is C#CCON=C(C(=O)NC1C(=O)N2C(C(=O)O)=C(CSc3nc(C)c(CC(=O)O)s3)CS[C@@H]12)c1nc(N)sc1Cl. The van der Waals surface area contributed by atoms with Crippen LogP contribution in [-0.2, 0) is 30.4 Å². The number of nitrogens with two attached hydrogens (primary N) is 1. The van der Waals surface area contributed by atoms with Crippen LogP contribution in [0.5, 0.6) is 0 Å². The lowest BCUT2D eigenvalue weighted by Crippen LogP contribution is -2.71. The molecule has 13 nitrogen and oxygen atoms in total. The van der Waals surface area contributed by atoms with E-state index in [1.807, 2.05) is 0 Å². The second kappa shape index (κ2) is 12.5. The Morgan fingerprint density at radius 2 is 2.10 bits per heavy atom. The summed E-state index contributed by atoms with van der Waals surface area (Å²) in [5, 5.41) is 24.7. The summed E-state index contributed by atoms with van der Waals surface area (Å²) in [5.74, 6) is -0.987. The first-order chi connectivity index (χ1) is 19.0. The molecular weight excluding hydrogens is 624 g/mol. The number of anilines is 1. The third-order valence-electron chi connectivity index (χ3n) is 5.44. The van der Waals surface area contributed by atoms with Gasteiger partial charge in [0.1, 0.15) is 27.1 Å². The Labute approximate surface area is 248 Å². The summed E-state index contributed by atoms with van der Waals surface area (Å²) in [6.07, 6.45) is 5.01. The van der Waals surface area contributed by atoms with E-state index in [1.165, 1.54) is 34.9 Å². The van der Waals surface area contributed by atoms with Crippen LogP contribution in [0.2, 0.25) is 4.34 Å². The van der Waals surface area contributed by atoms with Crippen LogP contribution in [0.25, 0.3) is 0 Å². The molecular formula is C22H19ClN6O7S4. The number of carboxylic acids is 2. The van der Waals surface area contributed by atoms with Crippen LogP contribution in [-0.4, -0.2) is 84.1 Å². The topological polar surface area (TPSA) is 197 Å². The van der Waals surface area contributed by atoms with Crippen molar-refractivity contribution in [2.24, 2.45) is 5.16 Å². The van der Waals surface area contributed by atoms with Gasteiger partial charge in [0.25, 0.3) is 11.8 Å². The van der Waals surface area contributed by atoms with Crippen LogP contribution in [0.4, 0.5) is 5.13 Å². The summed E-state index contributed by atoms with van der Waals surface area (Å²) < 4.78 is 0.673. The third kappa shape index (κ3) is 6.20. The van der Waals surface area contributed by atoms with Gasteiger partial charge in [-0.1, -0.05) is 45.8 Å². The average molecular weight is 643 g/mol. The number of hydrogen-bond donors (Lipinski definition) is 4. The van der Waals surface area contributed by atoms with E-state index < -0.39 is 35.2 Å². The zero-order valence-electron chi connectivity index (χ0n) is 20.4. The Kier molecular flexibility index (Phi) is 9.26. The van der Waals surface area contributed by atoms with Crippen molar-refractivity contribution in [3.8, 4) is 12.3 Å². The molecule has 2 amide bonds. The Morgan fingerprint density at radius 1 is 1.35 bits per heavy atom. The third-order valence-corrected chi connectivity index (χ3v) is 10.2. The fraction of sp³-hybridized carbons (Fsp3) is 0.318. The van der Waals surface area contributed by atoms with Crippen LogP contribution in [0.1, 0.15) is 16.3 Å². The van der Waals surface area contributed by atoms with Gasteiger partial charge in [-0.05, 0) is 12.5 Å². The first kappa shape index (κ1) is 29.7. The number of nitrogens with one attached hydrogen (secondary N) is 1. The number of aliphatic carboxylic acids is 2. The average Bonchev–Trinajstić information content (AvgIpc) is 3.41. The van der Waals surface area contributed by atoms with Crippen LogP contribution in [0.15, 0.2) is 20.8 Å². The number of carboxylic acid groups (broad SMARTS) is 2. The Balaban J connectivity index is 1.49. The standard InChI is InChI=1S/C22H19ClN6O7S4/c1-3-4-36-28-13(12-16(23)40-21(24)27-12)17(32)26-14-18(33)29-15(20(34)35)9(6-37-19(14)29)7-38-22-25-8(2)10(39-22)5-11(30)31/h1,14,19H,4-7H2,2H3,(H2,24,27)(H,26,32)(H,30,31)(H,34,35)/t14?,19-/m0/s1. The number of nitrogens with zero attached hydrogens (tertiary/aromatic N) is 4. The molecule has 1 fully saturated rings. The normalized spacial score (nSPS) is 18.6. The molecule has 210 valence electrons. The van der Waals surface area contributed by atoms with Gasteiger partial charge in [0.2, 0.25) is 0 Å². The van der Waals surface area contributed by atoms with E-state index in [0.29, 0.717) is 20.5 Å². The van der Waals surface area contributed by atoms with Crippen molar-refractivity contribution in [2.45, 2.75) is 29.1 Å². The van der Waals surface area contributed by atoms with E-state index in [9.17, 15) is 24.3 Å². The van der Waals surface area contributed by atoms with Gasteiger partial charge in [-0.25, -0.2) is 14.8 Å². The summed E-state index contributed by atoms with van der Waals surface area (Å²) >= 11 is 10.8. The number of thiazole rings is 2. The predicted octanol–water partition coefficient (Wildman–Crippen LogP) is 1.66. The zero-order valence-corrected chi connectivity index (χ0v) is 24.4. The van der Waals surface area contributed by atoms with E-state index in [4.69, 9.17) is 33.7 Å². The maximum Gasteiger partial charge on any atom is 0.352 e. The number of oxime groups is 1. The summed E-state index contributed by atoms with van der Waals surface area (Å²) in [6, 6.07) is -1.05. The van der Waals surface area contributed by atoms with E-state index in [-0.39, 0.29) is 51.1 Å². The molecule has 2 aliphatic rings. The number of β-lactam (4-membered cyclic amide) rings is 1. The van der Waals surface area contributed by atoms with Crippen molar-refractivity contribution in [1.29, 1.82) is 0 Å². The summed E-state index contributed by atoms with van der Waals surface area (Å²) in [4.78, 5) is 64.4. The number of carbonyl (C=O) groups excluding carboxylic acids is 2. The number of fused-ring (bicyclic) bond motifs is 1. The molecule has 0 aliphatic carbocycles. The Hall–Kier alpha value is -3.30. The van der Waals surface area contributed by atoms with E-state index in [2.05, 4.69) is 26.4 Å². The van der Waals surface area contributed by atoms with Crippen molar-refractivity contribution < 1.29 is 34.2 Å². The summed E-state index contributed by atoms with van der Waals surface area (Å²) in [6.45, 7) is 1.47. The summed E-state index contributed by atoms with van der Waals surface area (Å²) in [7, 11) is 0. The Morgan fingerprint density at radius 3 is 2.73 bits per heavy atom. The Bertz CT molecular complexity index is 1500. The number of aromatic nitrogens is 2. The monoisotopic (exact) mass is 642 g/mol. The first-order valence-corrected chi connectivity index (χ1v) is 15.1. The number of aryl methyl sites for hydroxylation is 1. The first-order valence-electron chi connectivity index (χ1n) is 11.1. The van der Waals surface area contributed by atoms with Gasteiger partial charge < -0.3 is 26.1 Å². The van der Waals surface area contributed by atoms with Crippen molar-refractivity contribution in [3.05, 3.63) is 31.9 Å². The van der Waals surface area contributed by atoms with Gasteiger partial charge in [-0.15, -0.1) is 29.5 Å². The molecule has 0 radical (unpaired) electrons. The molecule has 0 aromatic carbocycles. The molecule has 4 rings (SSSR count). The highest BCUT2D eigenvalue weighted by Crippen LogP contribution is 2.42. The van der Waals surface area contributed by atoms with Crippen molar-refractivity contribution in [1.82, 2.24) is 20.2 Å². The van der Waals surface area contributed by atoms with Crippen LogP contribution >= 0.6 is 57.8 Å². The number of thioether (sulfide) groups is 2. The van der Waals surface area contributed by atoms with Crippen molar-refractivity contribution in [3.63, 3.8) is 0 Å². The lowest BCUT2D eigenvalue weighted by molar-refractivity contribution is -0.150. The predicted molar refractivity (Wildman–Crippen MR) is 151 cm³/mol. The van der Waals surface area contributed by atoms with Gasteiger partial charge in [0.05, 0.1) is 12.1 Å². The quantitative estimate of drug-likeness (QED) is 0.0691. The molecule has 18 heteroatoms. The minimum Gasteiger partial charge on any atom is -0.481 e. The summed E-state index contributed by atoms with van der Waals surface area (Å²) in [5.41, 5.74) is 6.23. The number of carbonyl (C=O) groups is 4. The largest absolute Gasteiger partial charge is 0.481 e. The van der Waals surface area contributed by atoms with Gasteiger partial charge in [0.15, 0.2) is 21.8 Å². The van der Waals surface area contributed by atoms with Crippen molar-refractivity contribution >= 4 is 92.4 Å².